The Bertz CT molecular complexity index is 914. The van der Waals surface area contributed by atoms with Crippen LogP contribution >= 0.6 is 24.0 Å². The molecule has 1 aliphatic heterocycles. The number of thioether (sulfide) groups is 1. The van der Waals surface area contributed by atoms with E-state index in [1.54, 1.807) is 42.5 Å². The highest BCUT2D eigenvalue weighted by atomic mass is 32.2. The van der Waals surface area contributed by atoms with Gasteiger partial charge in [-0.2, -0.15) is 0 Å². The van der Waals surface area contributed by atoms with Crippen molar-refractivity contribution in [2.24, 2.45) is 0 Å². The van der Waals surface area contributed by atoms with Gasteiger partial charge in [-0.15, -0.1) is 0 Å². The molecule has 2 aromatic carbocycles. The second-order valence-electron chi connectivity index (χ2n) is 5.45. The summed E-state index contributed by atoms with van der Waals surface area (Å²) in [7, 11) is 1.51. The molecule has 1 amide bonds. The predicted octanol–water partition coefficient (Wildman–Crippen LogP) is 3.46. The number of amides is 1. The van der Waals surface area contributed by atoms with Crippen LogP contribution in [0.3, 0.4) is 0 Å². The number of thiocarbonyl (C=S) groups is 1. The van der Waals surface area contributed by atoms with E-state index in [0.29, 0.717) is 26.3 Å². The molecule has 0 spiro atoms. The molecule has 0 atom stereocenters. The normalized spacial score (nSPS) is 15.0. The van der Waals surface area contributed by atoms with Crippen LogP contribution < -0.4 is 20.0 Å². The van der Waals surface area contributed by atoms with Gasteiger partial charge < -0.3 is 25.2 Å². The molecule has 27 heavy (non-hydrogen) atoms. The van der Waals surface area contributed by atoms with Gasteiger partial charge in [0.2, 0.25) is 0 Å². The molecule has 0 bridgehead atoms. The average molecular weight is 403 g/mol. The summed E-state index contributed by atoms with van der Waals surface area (Å²) in [5, 5.41) is 22.7. The summed E-state index contributed by atoms with van der Waals surface area (Å²) in [6.45, 7) is 0.0683. The van der Waals surface area contributed by atoms with Gasteiger partial charge in [-0.25, -0.2) is 0 Å². The maximum atomic E-state index is 11.8. The van der Waals surface area contributed by atoms with Gasteiger partial charge in [-0.3, -0.25) is 10.0 Å². The number of hydrogen-bond acceptors (Lipinski definition) is 8. The topological polar surface area (TPSA) is 94.1 Å². The van der Waals surface area contributed by atoms with Crippen molar-refractivity contribution in [3.05, 3.63) is 63.7 Å². The third kappa shape index (κ3) is 4.58. The number of para-hydroxylation sites is 1. The van der Waals surface area contributed by atoms with E-state index in [2.05, 4.69) is 5.32 Å². The van der Waals surface area contributed by atoms with Gasteiger partial charge >= 0.3 is 0 Å². The van der Waals surface area contributed by atoms with Crippen LogP contribution in [0.4, 0.5) is 5.69 Å². The Balaban J connectivity index is 1.79. The summed E-state index contributed by atoms with van der Waals surface area (Å²) in [6, 6.07) is 11.8. The van der Waals surface area contributed by atoms with Crippen LogP contribution in [-0.4, -0.2) is 22.5 Å². The maximum Gasteiger partial charge on any atom is 0.263 e. The number of anilines is 1. The molecule has 0 radical (unpaired) electrons. The van der Waals surface area contributed by atoms with Crippen molar-refractivity contribution in [1.82, 2.24) is 5.32 Å². The highest BCUT2D eigenvalue weighted by Gasteiger charge is 2.22. The Kier molecular flexibility index (Phi) is 5.97. The lowest BCUT2D eigenvalue weighted by Crippen LogP contribution is -2.17. The summed E-state index contributed by atoms with van der Waals surface area (Å²) in [5.41, 5.74) is 1.39. The smallest absolute Gasteiger partial charge is 0.263 e. The van der Waals surface area contributed by atoms with Crippen LogP contribution in [0, 0.1) is 5.21 Å². The highest BCUT2D eigenvalue weighted by molar-refractivity contribution is 8.26. The van der Waals surface area contributed by atoms with Gasteiger partial charge in [-0.1, -0.05) is 48.2 Å². The quantitative estimate of drug-likeness (QED) is 0.430. The highest BCUT2D eigenvalue weighted by Crippen LogP contribution is 2.32. The van der Waals surface area contributed by atoms with Crippen molar-refractivity contribution in [3.8, 4) is 11.5 Å². The largest absolute Gasteiger partial charge is 0.733 e. The predicted molar refractivity (Wildman–Crippen MR) is 108 cm³/mol. The van der Waals surface area contributed by atoms with Gasteiger partial charge in [0.1, 0.15) is 10.9 Å². The third-order valence-electron chi connectivity index (χ3n) is 3.71. The average Bonchev–Trinajstić information content (AvgIpc) is 2.97. The van der Waals surface area contributed by atoms with Crippen LogP contribution in [-0.2, 0) is 11.4 Å². The first-order valence-electron chi connectivity index (χ1n) is 7.77. The second kappa shape index (κ2) is 8.40. The summed E-state index contributed by atoms with van der Waals surface area (Å²) in [5.74, 6) is 0.701. The SMILES string of the molecule is COc1cc(/C=C2\SC(=S)NC2=O)ccc1OCc1ccccc1N([O-])O. The van der Waals surface area contributed by atoms with Crippen LogP contribution in [0.15, 0.2) is 47.4 Å². The molecule has 2 N–H and O–H groups in total. The van der Waals surface area contributed by atoms with Gasteiger partial charge in [0, 0.05) is 5.56 Å². The molecule has 1 aliphatic rings. The minimum absolute atomic E-state index is 0.0683. The standard InChI is InChI=1S/C18H15N2O5S2/c1-24-15-8-11(9-16-17(21)19-18(26)27-16)6-7-14(15)25-10-12-4-2-3-5-13(12)20(22)23/h2-9,22H,10H2,1H3,(H,19,21,26)/q-1/b16-9-. The Morgan fingerprint density at radius 2 is 2.07 bits per heavy atom. The zero-order chi connectivity index (χ0) is 19.4. The molecule has 140 valence electrons. The lowest BCUT2D eigenvalue weighted by molar-refractivity contribution is -0.115. The molecule has 1 fully saturated rings. The van der Waals surface area contributed by atoms with Crippen LogP contribution in [0.5, 0.6) is 11.5 Å². The number of nitrogens with one attached hydrogen (secondary N) is 1. The van der Waals surface area contributed by atoms with Gasteiger partial charge in [0.25, 0.3) is 5.91 Å². The minimum atomic E-state index is -0.230. The summed E-state index contributed by atoms with van der Waals surface area (Å²) in [6.07, 6.45) is 1.71. The lowest BCUT2D eigenvalue weighted by Gasteiger charge is -2.24. The summed E-state index contributed by atoms with van der Waals surface area (Å²) >= 11 is 6.17. The van der Waals surface area contributed by atoms with Crippen molar-refractivity contribution >= 4 is 46.0 Å². The first-order chi connectivity index (χ1) is 13.0. The number of hydrogen-bond donors (Lipinski definition) is 2. The van der Waals surface area contributed by atoms with E-state index in [1.807, 2.05) is 0 Å². The number of carbonyl (C=O) groups excluding carboxylic acids is 1. The second-order valence-corrected chi connectivity index (χ2v) is 7.17. The molecule has 0 aliphatic carbocycles. The van der Waals surface area contributed by atoms with Crippen LogP contribution in [0.2, 0.25) is 0 Å². The molecule has 9 heteroatoms. The monoisotopic (exact) mass is 403 g/mol. The number of nitrogens with zero attached hydrogens (tertiary/aromatic N) is 1. The number of ether oxygens (including phenoxy) is 2. The molecular weight excluding hydrogens is 388 g/mol. The first-order valence-corrected chi connectivity index (χ1v) is 9.00. The van der Waals surface area contributed by atoms with Gasteiger partial charge in [0.05, 0.1) is 17.7 Å². The fraction of sp³-hybridized carbons (Fsp3) is 0.111. The van der Waals surface area contributed by atoms with E-state index in [9.17, 15) is 10.0 Å². The maximum absolute atomic E-state index is 11.8. The van der Waals surface area contributed by atoms with Crippen molar-refractivity contribution < 1.29 is 19.5 Å². The number of rotatable bonds is 6. The third-order valence-corrected chi connectivity index (χ3v) is 4.87. The van der Waals surface area contributed by atoms with E-state index >= 15 is 0 Å². The minimum Gasteiger partial charge on any atom is -0.733 e. The van der Waals surface area contributed by atoms with Crippen LogP contribution in [0.1, 0.15) is 11.1 Å². The van der Waals surface area contributed by atoms with Crippen molar-refractivity contribution in [1.29, 1.82) is 0 Å². The fourth-order valence-corrected chi connectivity index (χ4v) is 3.48. The van der Waals surface area contributed by atoms with Crippen LogP contribution in [0.25, 0.3) is 6.08 Å². The Labute approximate surface area is 165 Å². The molecule has 0 unspecified atom stereocenters. The van der Waals surface area contributed by atoms with E-state index in [0.717, 1.165) is 5.56 Å². The van der Waals surface area contributed by atoms with Crippen molar-refractivity contribution in [2.75, 3.05) is 12.3 Å². The molecule has 1 heterocycles. The molecule has 3 rings (SSSR count). The zero-order valence-corrected chi connectivity index (χ0v) is 15.8. The van der Waals surface area contributed by atoms with Crippen molar-refractivity contribution in [2.45, 2.75) is 6.61 Å². The van der Waals surface area contributed by atoms with Crippen molar-refractivity contribution in [3.63, 3.8) is 0 Å². The van der Waals surface area contributed by atoms with E-state index < -0.39 is 0 Å². The van der Waals surface area contributed by atoms with E-state index in [-0.39, 0.29) is 23.4 Å². The molecule has 0 saturated carbocycles. The van der Waals surface area contributed by atoms with Gasteiger partial charge in [-0.05, 0) is 29.8 Å². The number of carbonyl (C=O) groups is 1. The molecule has 2 aromatic rings. The molecule has 1 saturated heterocycles. The molecule has 7 nitrogen and oxygen atoms in total. The Hall–Kier alpha value is -2.59. The number of methoxy groups -OCH3 is 1. The summed E-state index contributed by atoms with van der Waals surface area (Å²) in [4.78, 5) is 12.3. The van der Waals surface area contributed by atoms with E-state index in [4.69, 9.17) is 26.9 Å². The first kappa shape index (κ1) is 19.2. The Morgan fingerprint density at radius 1 is 1.30 bits per heavy atom. The fourth-order valence-electron chi connectivity index (χ4n) is 2.44. The van der Waals surface area contributed by atoms with E-state index in [1.165, 1.54) is 24.9 Å². The summed E-state index contributed by atoms with van der Waals surface area (Å²) < 4.78 is 11.5. The lowest BCUT2D eigenvalue weighted by atomic mass is 10.1. The zero-order valence-electron chi connectivity index (χ0n) is 14.2. The molecule has 0 aromatic heterocycles. The Morgan fingerprint density at radius 3 is 2.74 bits per heavy atom. The van der Waals surface area contributed by atoms with Gasteiger partial charge in [0.15, 0.2) is 11.5 Å². The number of benzene rings is 2. The molecular formula is C18H15N2O5S2-.